The number of ether oxygens (including phenoxy) is 1. The number of hydrogen-bond donors (Lipinski definition) is 0. The van der Waals surface area contributed by atoms with E-state index in [-0.39, 0.29) is 12.1 Å². The quantitative estimate of drug-likeness (QED) is 0.283. The summed E-state index contributed by atoms with van der Waals surface area (Å²) < 4.78 is 5.96. The van der Waals surface area contributed by atoms with Crippen LogP contribution >= 0.6 is 0 Å². The molecule has 3 heteroatoms. The van der Waals surface area contributed by atoms with Gasteiger partial charge in [-0.15, -0.1) is 0 Å². The smallest absolute Gasteiger partial charge is 0.339 e. The molecule has 0 N–H and O–H groups in total. The van der Waals surface area contributed by atoms with Crippen LogP contribution in [0, 0.1) is 46.3 Å². The molecule has 0 unspecified atom stereocenters. The minimum Gasteiger partial charge on any atom is -0.458 e. The Hall–Kier alpha value is -1.64. The summed E-state index contributed by atoms with van der Waals surface area (Å²) in [5.41, 5.74) is 2.97. The second kappa shape index (κ2) is 10.3. The lowest BCUT2D eigenvalue weighted by atomic mass is 9.47. The molecule has 3 nitrogen and oxygen atoms in total. The van der Waals surface area contributed by atoms with Crippen LogP contribution in [0.4, 0.5) is 0 Å². The average molecular weight is 492 g/mol. The van der Waals surface area contributed by atoms with Gasteiger partial charge in [-0.05, 0) is 103 Å². The van der Waals surface area contributed by atoms with Crippen molar-refractivity contribution in [3.8, 4) is 0 Å². The first kappa shape index (κ1) is 26.0. The Morgan fingerprint density at radius 1 is 1.08 bits per heavy atom. The van der Waals surface area contributed by atoms with Crippen molar-refractivity contribution in [2.75, 3.05) is 0 Å². The summed E-state index contributed by atoms with van der Waals surface area (Å²) in [5.74, 6) is 4.93. The molecular weight excluding hydrogens is 442 g/mol. The van der Waals surface area contributed by atoms with Gasteiger partial charge < -0.3 is 4.74 Å². The number of hydrogen-bond acceptors (Lipinski definition) is 3. The molecule has 5 rings (SSSR count). The van der Waals surface area contributed by atoms with E-state index < -0.39 is 0 Å². The molecular formula is C33H49NO2. The van der Waals surface area contributed by atoms with Gasteiger partial charge in [0.15, 0.2) is 0 Å². The van der Waals surface area contributed by atoms with Crippen LogP contribution in [0.15, 0.2) is 36.2 Å². The lowest BCUT2D eigenvalue weighted by Gasteiger charge is -2.58. The lowest BCUT2D eigenvalue weighted by Crippen LogP contribution is -2.51. The third kappa shape index (κ3) is 4.69. The van der Waals surface area contributed by atoms with E-state index in [2.05, 4.69) is 45.7 Å². The normalized spacial score (nSPS) is 38.5. The molecule has 3 saturated carbocycles. The standard InChI is InChI=1S/C33H49NO2/c1-22(2)8-6-9-23(3)28-13-14-29-27-12-11-25-20-26(36-31(35)24-10-7-19-34-21-24)15-17-32(25,4)30(27)16-18-33(28,29)5/h7,10-11,19,21-23,26-30H,6,8-9,12-18,20H2,1-5H3/t23-,26-,27-,28-,29+,30+,32-,33+/m0/s1. The maximum atomic E-state index is 12.6. The minimum atomic E-state index is -0.223. The summed E-state index contributed by atoms with van der Waals surface area (Å²) in [5, 5.41) is 0. The van der Waals surface area contributed by atoms with Crippen LogP contribution in [-0.2, 0) is 4.74 Å². The average Bonchev–Trinajstić information content (AvgIpc) is 3.22. The Morgan fingerprint density at radius 2 is 1.92 bits per heavy atom. The van der Waals surface area contributed by atoms with Gasteiger partial charge in [0.1, 0.15) is 6.10 Å². The number of pyridine rings is 1. The summed E-state index contributed by atoms with van der Waals surface area (Å²) in [6, 6.07) is 3.60. The van der Waals surface area contributed by atoms with Gasteiger partial charge >= 0.3 is 5.97 Å². The summed E-state index contributed by atoms with van der Waals surface area (Å²) in [6.45, 7) is 12.5. The third-order valence-electron chi connectivity index (χ3n) is 11.4. The summed E-state index contributed by atoms with van der Waals surface area (Å²) in [6.07, 6.45) is 20.1. The maximum Gasteiger partial charge on any atom is 0.339 e. The predicted octanol–water partition coefficient (Wildman–Crippen LogP) is 8.65. The number of allylic oxidation sites excluding steroid dienone is 1. The number of carbonyl (C=O) groups is 1. The second-order valence-electron chi connectivity index (χ2n) is 13.8. The number of esters is 1. The van der Waals surface area contributed by atoms with Gasteiger partial charge in [-0.2, -0.15) is 0 Å². The zero-order valence-corrected chi connectivity index (χ0v) is 23.5. The number of rotatable bonds is 7. The highest BCUT2D eigenvalue weighted by Crippen LogP contribution is 2.67. The molecule has 198 valence electrons. The van der Waals surface area contributed by atoms with Gasteiger partial charge in [0.25, 0.3) is 0 Å². The Kier molecular flexibility index (Phi) is 7.40. The van der Waals surface area contributed by atoms with Gasteiger partial charge in [0.2, 0.25) is 0 Å². The van der Waals surface area contributed by atoms with Gasteiger partial charge in [-0.25, -0.2) is 4.79 Å². The lowest BCUT2D eigenvalue weighted by molar-refractivity contribution is -0.0594. The van der Waals surface area contributed by atoms with Crippen molar-refractivity contribution in [2.45, 2.75) is 111 Å². The molecule has 4 aliphatic carbocycles. The fourth-order valence-electron chi connectivity index (χ4n) is 9.46. The van der Waals surface area contributed by atoms with Gasteiger partial charge in [-0.1, -0.05) is 65.5 Å². The van der Waals surface area contributed by atoms with Crippen molar-refractivity contribution in [1.82, 2.24) is 4.98 Å². The molecule has 0 amide bonds. The zero-order valence-electron chi connectivity index (χ0n) is 23.5. The van der Waals surface area contributed by atoms with Crippen LogP contribution in [0.3, 0.4) is 0 Å². The molecule has 0 radical (unpaired) electrons. The molecule has 1 heterocycles. The summed E-state index contributed by atoms with van der Waals surface area (Å²) in [4.78, 5) is 16.7. The van der Waals surface area contributed by atoms with E-state index in [1.165, 1.54) is 51.4 Å². The van der Waals surface area contributed by atoms with E-state index in [1.807, 2.05) is 0 Å². The van der Waals surface area contributed by atoms with E-state index in [0.29, 0.717) is 16.4 Å². The van der Waals surface area contributed by atoms with Crippen molar-refractivity contribution >= 4 is 5.97 Å². The van der Waals surface area contributed by atoms with Crippen LogP contribution in [-0.4, -0.2) is 17.1 Å². The molecule has 0 saturated heterocycles. The molecule has 1 aromatic heterocycles. The van der Waals surface area contributed by atoms with Gasteiger partial charge in [-0.3, -0.25) is 4.98 Å². The van der Waals surface area contributed by atoms with Crippen molar-refractivity contribution in [3.63, 3.8) is 0 Å². The molecule has 4 aliphatic rings. The Morgan fingerprint density at radius 3 is 2.67 bits per heavy atom. The molecule has 3 fully saturated rings. The van der Waals surface area contributed by atoms with E-state index in [0.717, 1.165) is 54.8 Å². The van der Waals surface area contributed by atoms with Gasteiger partial charge in [0.05, 0.1) is 5.56 Å². The first-order chi connectivity index (χ1) is 17.2. The minimum absolute atomic E-state index is 0.00462. The van der Waals surface area contributed by atoms with Crippen molar-refractivity contribution in [2.24, 2.45) is 46.3 Å². The van der Waals surface area contributed by atoms with Crippen molar-refractivity contribution in [3.05, 3.63) is 41.7 Å². The third-order valence-corrected chi connectivity index (χ3v) is 11.4. The van der Waals surface area contributed by atoms with E-state index in [9.17, 15) is 4.79 Å². The molecule has 0 aromatic carbocycles. The van der Waals surface area contributed by atoms with Gasteiger partial charge in [0, 0.05) is 18.8 Å². The van der Waals surface area contributed by atoms with E-state index in [4.69, 9.17) is 4.74 Å². The Bertz CT molecular complexity index is 954. The fraction of sp³-hybridized carbons (Fsp3) is 0.758. The molecule has 0 aliphatic heterocycles. The van der Waals surface area contributed by atoms with Crippen LogP contribution in [0.25, 0.3) is 0 Å². The van der Waals surface area contributed by atoms with Crippen molar-refractivity contribution < 1.29 is 9.53 Å². The monoisotopic (exact) mass is 491 g/mol. The van der Waals surface area contributed by atoms with Crippen LogP contribution in [0.2, 0.25) is 0 Å². The first-order valence-electron chi connectivity index (χ1n) is 15.0. The Labute approximate surface area is 219 Å². The van der Waals surface area contributed by atoms with Crippen LogP contribution in [0.5, 0.6) is 0 Å². The largest absolute Gasteiger partial charge is 0.458 e. The second-order valence-corrected chi connectivity index (χ2v) is 13.8. The fourth-order valence-corrected chi connectivity index (χ4v) is 9.46. The molecule has 0 bridgehead atoms. The van der Waals surface area contributed by atoms with E-state index >= 15 is 0 Å². The van der Waals surface area contributed by atoms with Crippen LogP contribution < -0.4 is 0 Å². The first-order valence-corrected chi connectivity index (χ1v) is 15.0. The van der Waals surface area contributed by atoms with Crippen molar-refractivity contribution in [1.29, 1.82) is 0 Å². The zero-order chi connectivity index (χ0) is 25.5. The predicted molar refractivity (Wildman–Crippen MR) is 146 cm³/mol. The highest BCUT2D eigenvalue weighted by Gasteiger charge is 2.59. The summed E-state index contributed by atoms with van der Waals surface area (Å²) >= 11 is 0. The molecule has 1 aromatic rings. The number of nitrogens with zero attached hydrogens (tertiary/aromatic N) is 1. The number of aromatic nitrogens is 1. The number of carbonyl (C=O) groups excluding carboxylic acids is 1. The topological polar surface area (TPSA) is 39.2 Å². The maximum absolute atomic E-state index is 12.6. The summed E-state index contributed by atoms with van der Waals surface area (Å²) in [7, 11) is 0. The Balaban J connectivity index is 1.25. The molecule has 8 atom stereocenters. The highest BCUT2D eigenvalue weighted by molar-refractivity contribution is 5.89. The van der Waals surface area contributed by atoms with Crippen LogP contribution in [0.1, 0.15) is 116 Å². The molecule has 36 heavy (non-hydrogen) atoms. The number of fused-ring (bicyclic) bond motifs is 5. The highest BCUT2D eigenvalue weighted by atomic mass is 16.5. The SMILES string of the molecule is CC(C)CCC[C@H](C)[C@@H]1CC[C@@H]2[C@@H]3CC=C4C[C@@H](OC(=O)c5cccnc5)CC[C@]4(C)[C@@H]3CC[C@@]21C. The van der Waals surface area contributed by atoms with E-state index in [1.54, 1.807) is 30.1 Å². The molecule has 0 spiro atoms.